The lowest BCUT2D eigenvalue weighted by molar-refractivity contribution is -0.127. The molecule has 0 unspecified atom stereocenters. The smallest absolute Gasteiger partial charge is 0.339 e. The third-order valence-corrected chi connectivity index (χ3v) is 6.17. The summed E-state index contributed by atoms with van der Waals surface area (Å²) in [6, 6.07) is 9.13. The van der Waals surface area contributed by atoms with Gasteiger partial charge in [-0.25, -0.2) is 4.79 Å². The molecule has 31 heavy (non-hydrogen) atoms. The Bertz CT molecular complexity index is 1140. The number of thioether (sulfide) groups is 1. The Morgan fingerprint density at radius 3 is 2.58 bits per heavy atom. The average molecular weight is 500 g/mol. The largest absolute Gasteiger partial charge is 0.465 e. The van der Waals surface area contributed by atoms with E-state index in [4.69, 9.17) is 34.8 Å². The van der Waals surface area contributed by atoms with Gasteiger partial charge in [0, 0.05) is 5.69 Å². The van der Waals surface area contributed by atoms with Crippen LogP contribution in [0, 0.1) is 0 Å². The molecule has 0 aliphatic carbocycles. The van der Waals surface area contributed by atoms with Gasteiger partial charge >= 0.3 is 5.97 Å². The highest BCUT2D eigenvalue weighted by Gasteiger charge is 2.36. The highest BCUT2D eigenvalue weighted by molar-refractivity contribution is 8.18. The number of amides is 3. The van der Waals surface area contributed by atoms with Gasteiger partial charge in [0.05, 0.1) is 32.6 Å². The van der Waals surface area contributed by atoms with Gasteiger partial charge in [0.25, 0.3) is 11.1 Å². The van der Waals surface area contributed by atoms with E-state index in [-0.39, 0.29) is 26.2 Å². The number of carbonyl (C=O) groups excluding carboxylic acids is 4. The Balaban J connectivity index is 1.73. The Kier molecular flexibility index (Phi) is 7.27. The molecule has 0 bridgehead atoms. The standard InChI is InChI=1S/C20H13Cl3N2O5S/c1-30-19(28)12-8-11(5-6-13(12)21)24-16(26)9-25-18(27)15(31-20(25)29)7-10-3-2-4-14(22)17(10)23/h2-8H,9H2,1H3,(H,24,26)/b15-7+. The summed E-state index contributed by atoms with van der Waals surface area (Å²) >= 11 is 18.7. The van der Waals surface area contributed by atoms with Crippen molar-refractivity contribution in [3.05, 3.63) is 67.5 Å². The number of imide groups is 1. The van der Waals surface area contributed by atoms with Crippen LogP contribution >= 0.6 is 46.6 Å². The average Bonchev–Trinajstić information content (AvgIpc) is 2.99. The van der Waals surface area contributed by atoms with Crippen molar-refractivity contribution in [3.63, 3.8) is 0 Å². The number of methoxy groups -OCH3 is 1. The maximum atomic E-state index is 12.6. The summed E-state index contributed by atoms with van der Waals surface area (Å²) < 4.78 is 4.63. The fourth-order valence-electron chi connectivity index (χ4n) is 2.62. The Labute approximate surface area is 196 Å². The van der Waals surface area contributed by atoms with E-state index in [0.29, 0.717) is 22.3 Å². The summed E-state index contributed by atoms with van der Waals surface area (Å²) in [6.07, 6.45) is 1.44. The van der Waals surface area contributed by atoms with Gasteiger partial charge in [0.2, 0.25) is 5.91 Å². The van der Waals surface area contributed by atoms with Gasteiger partial charge in [-0.2, -0.15) is 0 Å². The molecular formula is C20H13Cl3N2O5S. The minimum atomic E-state index is -0.670. The molecule has 0 aromatic heterocycles. The zero-order valence-electron chi connectivity index (χ0n) is 15.8. The van der Waals surface area contributed by atoms with E-state index in [1.54, 1.807) is 18.2 Å². The fourth-order valence-corrected chi connectivity index (χ4v) is 4.01. The lowest BCUT2D eigenvalue weighted by Crippen LogP contribution is -2.36. The van der Waals surface area contributed by atoms with E-state index < -0.39 is 29.6 Å². The van der Waals surface area contributed by atoms with Crippen molar-refractivity contribution in [1.29, 1.82) is 0 Å². The van der Waals surface area contributed by atoms with Crippen LogP contribution in [0.4, 0.5) is 10.5 Å². The van der Waals surface area contributed by atoms with E-state index in [1.807, 2.05) is 0 Å². The number of anilines is 1. The molecule has 7 nitrogen and oxygen atoms in total. The van der Waals surface area contributed by atoms with Crippen molar-refractivity contribution < 1.29 is 23.9 Å². The first-order valence-electron chi connectivity index (χ1n) is 8.58. The molecule has 1 heterocycles. The number of hydrogen-bond acceptors (Lipinski definition) is 6. The van der Waals surface area contributed by atoms with Gasteiger partial charge in [-0.1, -0.05) is 46.9 Å². The minimum absolute atomic E-state index is 0.0643. The highest BCUT2D eigenvalue weighted by atomic mass is 35.5. The van der Waals surface area contributed by atoms with Crippen LogP contribution in [-0.4, -0.2) is 41.6 Å². The van der Waals surface area contributed by atoms with Crippen LogP contribution in [0.15, 0.2) is 41.3 Å². The van der Waals surface area contributed by atoms with Gasteiger partial charge in [0.1, 0.15) is 6.54 Å². The molecule has 0 spiro atoms. The number of rotatable bonds is 5. The molecule has 11 heteroatoms. The van der Waals surface area contributed by atoms with Gasteiger partial charge < -0.3 is 10.1 Å². The zero-order valence-corrected chi connectivity index (χ0v) is 18.9. The third kappa shape index (κ3) is 5.22. The quantitative estimate of drug-likeness (QED) is 0.454. The second-order valence-electron chi connectivity index (χ2n) is 6.15. The second kappa shape index (κ2) is 9.74. The van der Waals surface area contributed by atoms with Crippen molar-refractivity contribution in [2.24, 2.45) is 0 Å². The molecule has 1 aliphatic heterocycles. The van der Waals surface area contributed by atoms with Gasteiger partial charge in [-0.05, 0) is 47.7 Å². The normalized spacial score (nSPS) is 14.8. The van der Waals surface area contributed by atoms with E-state index in [0.717, 1.165) is 4.90 Å². The van der Waals surface area contributed by atoms with Crippen molar-refractivity contribution in [1.82, 2.24) is 4.90 Å². The molecule has 2 aromatic carbocycles. The maximum absolute atomic E-state index is 12.6. The van der Waals surface area contributed by atoms with Crippen molar-refractivity contribution in [2.75, 3.05) is 19.0 Å². The highest BCUT2D eigenvalue weighted by Crippen LogP contribution is 2.35. The van der Waals surface area contributed by atoms with Crippen LogP contribution in [-0.2, 0) is 14.3 Å². The molecule has 1 fully saturated rings. The second-order valence-corrected chi connectivity index (χ2v) is 8.33. The van der Waals surface area contributed by atoms with Gasteiger partial charge in [-0.3, -0.25) is 19.3 Å². The topological polar surface area (TPSA) is 92.8 Å². The van der Waals surface area contributed by atoms with E-state index in [9.17, 15) is 19.2 Å². The Morgan fingerprint density at radius 2 is 1.87 bits per heavy atom. The summed E-state index contributed by atoms with van der Waals surface area (Å²) in [6.45, 7) is -0.512. The molecule has 3 amide bonds. The Hall–Kier alpha value is -2.52. The monoisotopic (exact) mass is 498 g/mol. The number of benzene rings is 2. The maximum Gasteiger partial charge on any atom is 0.339 e. The lowest BCUT2D eigenvalue weighted by atomic mass is 10.2. The number of nitrogens with one attached hydrogen (secondary N) is 1. The SMILES string of the molecule is COC(=O)c1cc(NC(=O)CN2C(=O)S/C(=C/c3cccc(Cl)c3Cl)C2=O)ccc1Cl. The van der Waals surface area contributed by atoms with Crippen molar-refractivity contribution in [3.8, 4) is 0 Å². The van der Waals surface area contributed by atoms with Gasteiger partial charge in [0.15, 0.2) is 0 Å². The molecular weight excluding hydrogens is 487 g/mol. The molecule has 3 rings (SSSR count). The number of nitrogens with zero attached hydrogens (tertiary/aromatic N) is 1. The summed E-state index contributed by atoms with van der Waals surface area (Å²) in [5, 5.41) is 2.63. The van der Waals surface area contributed by atoms with E-state index in [2.05, 4.69) is 10.1 Å². The number of carbonyl (C=O) groups is 4. The van der Waals surface area contributed by atoms with Crippen LogP contribution in [0.1, 0.15) is 15.9 Å². The van der Waals surface area contributed by atoms with Crippen LogP contribution in [0.5, 0.6) is 0 Å². The molecule has 0 atom stereocenters. The predicted octanol–water partition coefficient (Wildman–Crippen LogP) is 5.11. The molecule has 2 aromatic rings. The van der Waals surface area contributed by atoms with Crippen LogP contribution in [0.3, 0.4) is 0 Å². The number of ether oxygens (including phenoxy) is 1. The van der Waals surface area contributed by atoms with E-state index >= 15 is 0 Å². The minimum Gasteiger partial charge on any atom is -0.465 e. The number of halogens is 3. The summed E-state index contributed by atoms with van der Waals surface area (Å²) in [7, 11) is 1.20. The first-order chi connectivity index (χ1) is 14.7. The molecule has 1 saturated heterocycles. The first kappa shape index (κ1) is 23.1. The molecule has 1 aliphatic rings. The van der Waals surface area contributed by atoms with Gasteiger partial charge in [-0.15, -0.1) is 0 Å². The number of esters is 1. The molecule has 0 saturated carbocycles. The van der Waals surface area contributed by atoms with E-state index in [1.165, 1.54) is 31.4 Å². The predicted molar refractivity (Wildman–Crippen MR) is 121 cm³/mol. The lowest BCUT2D eigenvalue weighted by Gasteiger charge is -2.13. The fraction of sp³-hybridized carbons (Fsp3) is 0.100. The zero-order chi connectivity index (χ0) is 22.7. The van der Waals surface area contributed by atoms with Crippen molar-refractivity contribution >= 4 is 81.4 Å². The van der Waals surface area contributed by atoms with Crippen LogP contribution in [0.25, 0.3) is 6.08 Å². The summed E-state index contributed by atoms with van der Waals surface area (Å²) in [5.74, 6) is -1.94. The summed E-state index contributed by atoms with van der Waals surface area (Å²) in [4.78, 5) is 49.9. The van der Waals surface area contributed by atoms with Crippen molar-refractivity contribution in [2.45, 2.75) is 0 Å². The van der Waals surface area contributed by atoms with Crippen LogP contribution in [0.2, 0.25) is 15.1 Å². The summed E-state index contributed by atoms with van der Waals surface area (Å²) in [5.41, 5.74) is 0.790. The first-order valence-corrected chi connectivity index (χ1v) is 10.5. The molecule has 0 radical (unpaired) electrons. The molecule has 160 valence electrons. The third-order valence-electron chi connectivity index (χ3n) is 4.10. The Morgan fingerprint density at radius 1 is 1.13 bits per heavy atom. The number of hydrogen-bond donors (Lipinski definition) is 1. The molecule has 1 N–H and O–H groups in total. The van der Waals surface area contributed by atoms with Crippen LogP contribution < -0.4 is 5.32 Å².